The monoisotopic (exact) mass is 439 g/mol. The average molecular weight is 439 g/mol. The topological polar surface area (TPSA) is 0 Å². The van der Waals surface area contributed by atoms with E-state index in [9.17, 15) is 0 Å². The van der Waals surface area contributed by atoms with Crippen LogP contribution in [0.2, 0.25) is 19.0 Å². The lowest BCUT2D eigenvalue weighted by Gasteiger charge is -2.39. The molecule has 0 spiro atoms. The molecule has 175 valence electrons. The predicted molar refractivity (Wildman–Crippen MR) is 150 cm³/mol. The van der Waals surface area contributed by atoms with E-state index in [4.69, 9.17) is 0 Å². The van der Waals surface area contributed by atoms with Crippen LogP contribution in [-0.2, 0) is 5.41 Å². The van der Waals surface area contributed by atoms with Gasteiger partial charge in [0.05, 0.1) is 0 Å². The summed E-state index contributed by atoms with van der Waals surface area (Å²) in [7, 11) is 2.46. The van der Waals surface area contributed by atoms with Crippen molar-refractivity contribution in [3.8, 4) is 11.1 Å². The minimum absolute atomic E-state index is 0.0493. The summed E-state index contributed by atoms with van der Waals surface area (Å²) in [6, 6.07) is 14.6. The first-order chi connectivity index (χ1) is 15.0. The molecule has 2 heteroatoms. The van der Waals surface area contributed by atoms with Gasteiger partial charge in [-0.2, -0.15) is 0 Å². The fourth-order valence-electron chi connectivity index (χ4n) is 5.93. The highest BCUT2D eigenvalue weighted by molar-refractivity contribution is 6.74. The Balaban J connectivity index is 1.63. The molecule has 0 bridgehead atoms. The van der Waals surface area contributed by atoms with Crippen molar-refractivity contribution >= 4 is 24.9 Å². The second-order valence-electron chi connectivity index (χ2n) is 14.7. The minimum Gasteiger partial charge on any atom is -0.0874 e. The first kappa shape index (κ1) is 24.7. The summed E-state index contributed by atoms with van der Waals surface area (Å²) in [5.74, 6) is 0. The van der Waals surface area contributed by atoms with Gasteiger partial charge in [0.25, 0.3) is 0 Å². The van der Waals surface area contributed by atoms with Crippen molar-refractivity contribution in [3.05, 3.63) is 47.5 Å². The Bertz CT molecular complexity index is 1050. The van der Waals surface area contributed by atoms with Crippen LogP contribution in [0.4, 0.5) is 0 Å². The number of benzene rings is 2. The molecule has 2 aromatic carbocycles. The molecule has 1 saturated heterocycles. The van der Waals surface area contributed by atoms with Gasteiger partial charge < -0.3 is 0 Å². The van der Waals surface area contributed by atoms with Crippen LogP contribution in [0.15, 0.2) is 36.4 Å². The first-order valence-corrected chi connectivity index (χ1v) is 13.1. The molecule has 0 atom stereocenters. The van der Waals surface area contributed by atoms with Crippen LogP contribution in [0.1, 0.15) is 87.3 Å². The average Bonchev–Trinajstić information content (AvgIpc) is 3.05. The number of rotatable bonds is 4. The first-order valence-electron chi connectivity index (χ1n) is 13.1. The van der Waals surface area contributed by atoms with Gasteiger partial charge in [-0.1, -0.05) is 142 Å². The molecule has 0 unspecified atom stereocenters. The highest BCUT2D eigenvalue weighted by Crippen LogP contribution is 2.53. The predicted octanol–water partition coefficient (Wildman–Crippen LogP) is 7.58. The Hall–Kier alpha value is -1.43. The van der Waals surface area contributed by atoms with Crippen molar-refractivity contribution in [2.24, 2.45) is 21.7 Å². The standard InChI is InChI=1S/C31H45B2/c1-27(2,3)28(4,5)18-32-21-12-14-23-24-15-13-22(17-26(24)31(10,11)25(23)16-21)33-19-29(6,7)30(8,9)20-33/h12-17H,18-20H2,1-11H3. The van der Waals surface area contributed by atoms with Crippen molar-refractivity contribution in [1.82, 2.24) is 0 Å². The molecule has 2 aliphatic rings. The lowest BCUT2D eigenvalue weighted by molar-refractivity contribution is 0.157. The fourth-order valence-corrected chi connectivity index (χ4v) is 5.93. The molecule has 4 rings (SSSR count). The largest absolute Gasteiger partial charge is 0.176 e. The van der Waals surface area contributed by atoms with Gasteiger partial charge in [-0.3, -0.25) is 0 Å². The van der Waals surface area contributed by atoms with E-state index in [1.165, 1.54) is 40.4 Å². The van der Waals surface area contributed by atoms with Gasteiger partial charge in [0.15, 0.2) is 14.0 Å². The maximum absolute atomic E-state index is 2.56. The molecule has 1 radical (unpaired) electrons. The molecule has 0 nitrogen and oxygen atoms in total. The Morgan fingerprint density at radius 1 is 0.758 bits per heavy atom. The van der Waals surface area contributed by atoms with Gasteiger partial charge in [-0.15, -0.1) is 0 Å². The molecule has 0 amide bonds. The second-order valence-corrected chi connectivity index (χ2v) is 14.7. The molecule has 2 aromatic rings. The summed E-state index contributed by atoms with van der Waals surface area (Å²) in [5.41, 5.74) is 10.2. The summed E-state index contributed by atoms with van der Waals surface area (Å²) < 4.78 is 0. The molecular weight excluding hydrogens is 394 g/mol. The van der Waals surface area contributed by atoms with Crippen molar-refractivity contribution < 1.29 is 0 Å². The van der Waals surface area contributed by atoms with Crippen LogP contribution in [-0.4, -0.2) is 14.0 Å². The van der Waals surface area contributed by atoms with E-state index in [2.05, 4.69) is 120 Å². The van der Waals surface area contributed by atoms with Crippen LogP contribution in [0.5, 0.6) is 0 Å². The smallest absolute Gasteiger partial charge is 0.0874 e. The lowest BCUT2D eigenvalue weighted by atomic mass is 9.42. The van der Waals surface area contributed by atoms with Crippen molar-refractivity contribution in [2.75, 3.05) is 0 Å². The zero-order valence-corrected chi connectivity index (χ0v) is 23.2. The number of hydrogen-bond acceptors (Lipinski definition) is 0. The van der Waals surface area contributed by atoms with E-state index in [1.807, 2.05) is 0 Å². The normalized spacial score (nSPS) is 20.5. The summed E-state index contributed by atoms with van der Waals surface area (Å²) in [6.07, 6.45) is 3.67. The minimum atomic E-state index is 0.0493. The van der Waals surface area contributed by atoms with E-state index in [0.29, 0.717) is 17.5 Å². The van der Waals surface area contributed by atoms with Gasteiger partial charge in [-0.25, -0.2) is 0 Å². The van der Waals surface area contributed by atoms with Gasteiger partial charge in [0.2, 0.25) is 0 Å². The third-order valence-corrected chi connectivity index (χ3v) is 10.4. The summed E-state index contributed by atoms with van der Waals surface area (Å²) in [6.45, 7) is 27.2. The summed E-state index contributed by atoms with van der Waals surface area (Å²) in [5, 5.41) is 0. The number of hydrogen-bond donors (Lipinski definition) is 0. The summed E-state index contributed by atoms with van der Waals surface area (Å²) in [4.78, 5) is 0. The lowest BCUT2D eigenvalue weighted by Crippen LogP contribution is -2.33. The van der Waals surface area contributed by atoms with Gasteiger partial charge in [-0.05, 0) is 43.9 Å². The van der Waals surface area contributed by atoms with E-state index >= 15 is 0 Å². The maximum Gasteiger partial charge on any atom is 0.176 e. The molecule has 1 aliphatic heterocycles. The van der Waals surface area contributed by atoms with E-state index < -0.39 is 0 Å². The fraction of sp³-hybridized carbons (Fsp3) is 0.613. The highest BCUT2D eigenvalue weighted by Gasteiger charge is 2.48. The van der Waals surface area contributed by atoms with Crippen molar-refractivity contribution in [1.29, 1.82) is 0 Å². The molecule has 1 fully saturated rings. The van der Waals surface area contributed by atoms with E-state index in [0.717, 1.165) is 6.32 Å². The third-order valence-electron chi connectivity index (χ3n) is 10.4. The van der Waals surface area contributed by atoms with Gasteiger partial charge in [0, 0.05) is 5.41 Å². The van der Waals surface area contributed by atoms with Crippen molar-refractivity contribution in [2.45, 2.75) is 101 Å². The SMILES string of the molecule is CC1(C)c2cc([B]CC(C)(C)C(C)(C)C)ccc2-c2ccc(B3CC(C)(C)C(C)(C)C3)cc21. The molecule has 0 saturated carbocycles. The Morgan fingerprint density at radius 2 is 1.27 bits per heavy atom. The molecule has 0 aromatic heterocycles. The molecule has 1 heterocycles. The Morgan fingerprint density at radius 3 is 1.82 bits per heavy atom. The van der Waals surface area contributed by atoms with Crippen molar-refractivity contribution in [3.63, 3.8) is 0 Å². The third kappa shape index (κ3) is 4.04. The second kappa shape index (κ2) is 7.53. The summed E-state index contributed by atoms with van der Waals surface area (Å²) >= 11 is 0. The zero-order valence-electron chi connectivity index (χ0n) is 23.2. The van der Waals surface area contributed by atoms with E-state index in [-0.39, 0.29) is 16.2 Å². The quantitative estimate of drug-likeness (QED) is 0.431. The van der Waals surface area contributed by atoms with E-state index in [1.54, 1.807) is 5.46 Å². The highest BCUT2D eigenvalue weighted by atomic mass is 14.4. The molecular formula is C31H45B2. The van der Waals surface area contributed by atoms with Crippen LogP contribution < -0.4 is 10.9 Å². The van der Waals surface area contributed by atoms with Crippen LogP contribution in [0, 0.1) is 21.7 Å². The molecule has 33 heavy (non-hydrogen) atoms. The maximum atomic E-state index is 2.56. The van der Waals surface area contributed by atoms with Crippen LogP contribution in [0.25, 0.3) is 11.1 Å². The van der Waals surface area contributed by atoms with Crippen LogP contribution >= 0.6 is 0 Å². The molecule has 1 aliphatic carbocycles. The van der Waals surface area contributed by atoms with Gasteiger partial charge >= 0.3 is 0 Å². The Labute approximate surface area is 205 Å². The Kier molecular flexibility index (Phi) is 5.63. The molecule has 0 N–H and O–H groups in total. The number of fused-ring (bicyclic) bond motifs is 3. The van der Waals surface area contributed by atoms with Crippen LogP contribution in [0.3, 0.4) is 0 Å². The zero-order chi connectivity index (χ0) is 24.6. The van der Waals surface area contributed by atoms with Gasteiger partial charge in [0.1, 0.15) is 0 Å².